The lowest BCUT2D eigenvalue weighted by Crippen LogP contribution is -2.38. The second kappa shape index (κ2) is 10.6. The van der Waals surface area contributed by atoms with E-state index < -0.39 is 24.4 Å². The lowest BCUT2D eigenvalue weighted by molar-refractivity contribution is -0.121. The Morgan fingerprint density at radius 2 is 1.73 bits per heavy atom. The Labute approximate surface area is 190 Å². The largest absolute Gasteiger partial charge is 0.493 e. The van der Waals surface area contributed by atoms with Crippen molar-refractivity contribution >= 4 is 29.3 Å². The van der Waals surface area contributed by atoms with Gasteiger partial charge in [0.25, 0.3) is 5.91 Å². The SMILES string of the molecule is C=CCNC1CC(=O)N(c2ccc(C(=O)OCC(=O)c3ccc(OC)c(OC)c3)cc2)C1=O. The summed E-state index contributed by atoms with van der Waals surface area (Å²) in [6.07, 6.45) is 1.66. The zero-order chi connectivity index (χ0) is 24.0. The van der Waals surface area contributed by atoms with Crippen LogP contribution in [0, 0.1) is 0 Å². The Bertz CT molecular complexity index is 1080. The third-order valence-electron chi connectivity index (χ3n) is 5.06. The predicted octanol–water partition coefficient (Wildman–Crippen LogP) is 2.15. The monoisotopic (exact) mass is 452 g/mol. The molecular weight excluding hydrogens is 428 g/mol. The van der Waals surface area contributed by atoms with E-state index in [0.29, 0.717) is 29.3 Å². The number of hydrogen-bond acceptors (Lipinski definition) is 8. The fraction of sp³-hybridized carbons (Fsp3) is 0.250. The van der Waals surface area contributed by atoms with E-state index in [1.807, 2.05) is 0 Å². The summed E-state index contributed by atoms with van der Waals surface area (Å²) in [5.41, 5.74) is 0.839. The van der Waals surface area contributed by atoms with Gasteiger partial charge in [-0.2, -0.15) is 0 Å². The highest BCUT2D eigenvalue weighted by Crippen LogP contribution is 2.28. The van der Waals surface area contributed by atoms with Crippen molar-refractivity contribution in [2.75, 3.05) is 32.3 Å². The van der Waals surface area contributed by atoms with Gasteiger partial charge in [0, 0.05) is 12.1 Å². The molecule has 2 aromatic carbocycles. The molecule has 0 aromatic heterocycles. The number of methoxy groups -OCH3 is 2. The molecule has 2 amide bonds. The molecular formula is C24H24N2O7. The maximum Gasteiger partial charge on any atom is 0.338 e. The summed E-state index contributed by atoms with van der Waals surface area (Å²) in [4.78, 5) is 50.6. The van der Waals surface area contributed by atoms with Crippen LogP contribution in [0.25, 0.3) is 0 Å². The van der Waals surface area contributed by atoms with Crippen LogP contribution in [-0.2, 0) is 14.3 Å². The quantitative estimate of drug-likeness (QED) is 0.253. The first-order valence-corrected chi connectivity index (χ1v) is 10.1. The van der Waals surface area contributed by atoms with Crippen LogP contribution in [0.15, 0.2) is 55.1 Å². The molecule has 0 radical (unpaired) electrons. The number of esters is 1. The Morgan fingerprint density at radius 1 is 1.06 bits per heavy atom. The number of rotatable bonds is 10. The maximum atomic E-state index is 12.5. The van der Waals surface area contributed by atoms with Crippen LogP contribution >= 0.6 is 0 Å². The first-order chi connectivity index (χ1) is 15.9. The number of nitrogens with one attached hydrogen (secondary N) is 1. The summed E-state index contributed by atoms with van der Waals surface area (Å²) in [5, 5.41) is 2.94. The van der Waals surface area contributed by atoms with Crippen molar-refractivity contribution in [2.45, 2.75) is 12.5 Å². The van der Waals surface area contributed by atoms with E-state index in [-0.39, 0.29) is 23.8 Å². The van der Waals surface area contributed by atoms with Gasteiger partial charge in [-0.25, -0.2) is 9.69 Å². The lowest BCUT2D eigenvalue weighted by Gasteiger charge is -2.15. The van der Waals surface area contributed by atoms with Crippen LogP contribution in [0.2, 0.25) is 0 Å². The van der Waals surface area contributed by atoms with Gasteiger partial charge in [-0.3, -0.25) is 14.4 Å². The van der Waals surface area contributed by atoms with Crippen LogP contribution < -0.4 is 19.7 Å². The second-order valence-corrected chi connectivity index (χ2v) is 7.14. The molecule has 0 aliphatic carbocycles. The number of hydrogen-bond donors (Lipinski definition) is 1. The molecule has 9 nitrogen and oxygen atoms in total. The standard InChI is InChI=1S/C24H24N2O7/c1-4-11-25-18-13-22(28)26(23(18)29)17-8-5-15(6-9-17)24(30)33-14-19(27)16-7-10-20(31-2)21(12-16)32-3/h4-10,12,18,25H,1,11,13-14H2,2-3H3. The summed E-state index contributed by atoms with van der Waals surface area (Å²) >= 11 is 0. The topological polar surface area (TPSA) is 111 Å². The van der Waals surface area contributed by atoms with Crippen molar-refractivity contribution in [2.24, 2.45) is 0 Å². The van der Waals surface area contributed by atoms with E-state index in [1.54, 1.807) is 18.2 Å². The van der Waals surface area contributed by atoms with E-state index >= 15 is 0 Å². The number of nitrogens with zero attached hydrogens (tertiary/aromatic N) is 1. The highest BCUT2D eigenvalue weighted by atomic mass is 16.5. The van der Waals surface area contributed by atoms with Crippen molar-refractivity contribution in [1.82, 2.24) is 5.32 Å². The van der Waals surface area contributed by atoms with Crippen molar-refractivity contribution < 1.29 is 33.4 Å². The Balaban J connectivity index is 1.62. The number of carbonyl (C=O) groups is 4. The smallest absolute Gasteiger partial charge is 0.338 e. The number of Topliss-reactive ketones (excluding diaryl/α,β-unsaturated/α-hetero) is 1. The molecule has 2 aromatic rings. The minimum Gasteiger partial charge on any atom is -0.493 e. The number of carbonyl (C=O) groups excluding carboxylic acids is 4. The first-order valence-electron chi connectivity index (χ1n) is 10.1. The van der Waals surface area contributed by atoms with Crippen LogP contribution in [0.1, 0.15) is 27.1 Å². The fourth-order valence-electron chi connectivity index (χ4n) is 3.34. The first kappa shape index (κ1) is 23.7. The van der Waals surface area contributed by atoms with Crippen LogP contribution in [0.3, 0.4) is 0 Å². The number of imide groups is 1. The van der Waals surface area contributed by atoms with Crippen molar-refractivity contribution in [3.05, 3.63) is 66.2 Å². The van der Waals surface area contributed by atoms with Crippen LogP contribution in [0.5, 0.6) is 11.5 Å². The summed E-state index contributed by atoms with van der Waals surface area (Å²) in [6.45, 7) is 3.52. The predicted molar refractivity (Wildman–Crippen MR) is 120 cm³/mol. The Hall–Kier alpha value is -3.98. The normalized spacial score (nSPS) is 15.3. The molecule has 1 unspecified atom stereocenters. The van der Waals surface area contributed by atoms with E-state index in [9.17, 15) is 19.2 Å². The second-order valence-electron chi connectivity index (χ2n) is 7.14. The molecule has 0 saturated carbocycles. The molecule has 1 aliphatic heterocycles. The summed E-state index contributed by atoms with van der Waals surface area (Å²) in [7, 11) is 2.94. The molecule has 0 spiro atoms. The Kier molecular flexibility index (Phi) is 7.57. The molecule has 1 atom stereocenters. The van der Waals surface area contributed by atoms with Crippen molar-refractivity contribution in [3.63, 3.8) is 0 Å². The van der Waals surface area contributed by atoms with Gasteiger partial charge in [0.1, 0.15) is 0 Å². The van der Waals surface area contributed by atoms with Gasteiger partial charge in [0.2, 0.25) is 5.91 Å². The minimum absolute atomic E-state index is 0.0503. The molecule has 1 aliphatic rings. The average molecular weight is 452 g/mol. The third-order valence-corrected chi connectivity index (χ3v) is 5.06. The van der Waals surface area contributed by atoms with Crippen molar-refractivity contribution in [1.29, 1.82) is 0 Å². The third kappa shape index (κ3) is 5.27. The summed E-state index contributed by atoms with van der Waals surface area (Å²) in [5.74, 6) is -0.954. The van der Waals surface area contributed by atoms with Crippen LogP contribution in [-0.4, -0.2) is 57.0 Å². The van der Waals surface area contributed by atoms with E-state index in [4.69, 9.17) is 14.2 Å². The van der Waals surface area contributed by atoms with E-state index in [2.05, 4.69) is 11.9 Å². The zero-order valence-electron chi connectivity index (χ0n) is 18.3. The van der Waals surface area contributed by atoms with Gasteiger partial charge >= 0.3 is 5.97 Å². The number of anilines is 1. The van der Waals surface area contributed by atoms with E-state index in [0.717, 1.165) is 4.90 Å². The number of amides is 2. The molecule has 172 valence electrons. The molecule has 3 rings (SSSR count). The zero-order valence-corrected chi connectivity index (χ0v) is 18.3. The fourth-order valence-corrected chi connectivity index (χ4v) is 3.34. The number of benzene rings is 2. The number of ketones is 1. The molecule has 33 heavy (non-hydrogen) atoms. The van der Waals surface area contributed by atoms with Gasteiger partial charge in [0.05, 0.1) is 37.9 Å². The summed E-state index contributed by atoms with van der Waals surface area (Å²) < 4.78 is 15.4. The molecule has 1 heterocycles. The summed E-state index contributed by atoms with van der Waals surface area (Å²) in [6, 6.07) is 9.87. The molecule has 1 N–H and O–H groups in total. The lowest BCUT2D eigenvalue weighted by atomic mass is 10.1. The molecule has 9 heteroatoms. The highest BCUT2D eigenvalue weighted by molar-refractivity contribution is 6.22. The van der Waals surface area contributed by atoms with Gasteiger partial charge < -0.3 is 19.5 Å². The van der Waals surface area contributed by atoms with Crippen LogP contribution in [0.4, 0.5) is 5.69 Å². The van der Waals surface area contributed by atoms with Gasteiger partial charge in [0.15, 0.2) is 23.9 Å². The minimum atomic E-state index is -0.708. The van der Waals surface area contributed by atoms with Crippen molar-refractivity contribution in [3.8, 4) is 11.5 Å². The Morgan fingerprint density at radius 3 is 2.36 bits per heavy atom. The maximum absolute atomic E-state index is 12.5. The highest BCUT2D eigenvalue weighted by Gasteiger charge is 2.39. The molecule has 1 fully saturated rings. The van der Waals surface area contributed by atoms with Gasteiger partial charge in [-0.1, -0.05) is 6.08 Å². The van der Waals surface area contributed by atoms with Gasteiger partial charge in [-0.15, -0.1) is 6.58 Å². The van der Waals surface area contributed by atoms with E-state index in [1.165, 1.54) is 44.6 Å². The number of ether oxygens (including phenoxy) is 3. The molecule has 0 bridgehead atoms. The van der Waals surface area contributed by atoms with Gasteiger partial charge in [-0.05, 0) is 42.5 Å². The average Bonchev–Trinajstić information content (AvgIpc) is 3.13. The molecule has 1 saturated heterocycles.